The second kappa shape index (κ2) is 6.20. The molecule has 0 saturated heterocycles. The van der Waals surface area contributed by atoms with Crippen molar-refractivity contribution in [2.75, 3.05) is 11.6 Å². The minimum absolute atomic E-state index is 0.147. The number of nitrogens with one attached hydrogen (secondary N) is 1. The molecule has 1 N–H and O–H groups in total. The van der Waals surface area contributed by atoms with E-state index < -0.39 is 0 Å². The van der Waals surface area contributed by atoms with Gasteiger partial charge in [0.2, 0.25) is 5.91 Å². The highest BCUT2D eigenvalue weighted by Crippen LogP contribution is 2.11. The van der Waals surface area contributed by atoms with Crippen molar-refractivity contribution >= 4 is 45.2 Å². The van der Waals surface area contributed by atoms with Crippen molar-refractivity contribution in [3.63, 3.8) is 0 Å². The molecule has 0 bridgehead atoms. The molecule has 0 unspecified atom stereocenters. The van der Waals surface area contributed by atoms with E-state index in [2.05, 4.69) is 25.3 Å². The number of carbonyl (C=O) groups is 1. The highest BCUT2D eigenvalue weighted by Gasteiger charge is 2.11. The lowest BCUT2D eigenvalue weighted by Crippen LogP contribution is -2.28. The van der Waals surface area contributed by atoms with E-state index in [-0.39, 0.29) is 23.4 Å². The number of amides is 1. The van der Waals surface area contributed by atoms with Gasteiger partial charge in [-0.1, -0.05) is 11.8 Å². The average molecular weight is 334 g/mol. The largest absolute Gasteiger partial charge is 0.300 e. The molecule has 0 spiro atoms. The number of fused-ring (bicyclic) bond motifs is 1. The molecule has 10 heteroatoms. The van der Waals surface area contributed by atoms with Gasteiger partial charge in [0.25, 0.3) is 5.56 Å². The summed E-state index contributed by atoms with van der Waals surface area (Å²) in [6.45, 7) is -0.147. The summed E-state index contributed by atoms with van der Waals surface area (Å²) in [6, 6.07) is 0. The first-order chi connectivity index (χ1) is 10.7. The number of thioether (sulfide) groups is 1. The highest BCUT2D eigenvalue weighted by molar-refractivity contribution is 7.98. The normalized spacial score (nSPS) is 10.8. The summed E-state index contributed by atoms with van der Waals surface area (Å²) in [5, 5.41) is 5.67. The van der Waals surface area contributed by atoms with E-state index in [9.17, 15) is 9.59 Å². The Labute approximate surface area is 132 Å². The van der Waals surface area contributed by atoms with Crippen LogP contribution in [0.15, 0.2) is 34.1 Å². The number of hydrogen-bond donors (Lipinski definition) is 1. The van der Waals surface area contributed by atoms with Crippen molar-refractivity contribution in [1.29, 1.82) is 0 Å². The van der Waals surface area contributed by atoms with Crippen molar-refractivity contribution in [2.24, 2.45) is 0 Å². The molecule has 1 amide bonds. The van der Waals surface area contributed by atoms with Gasteiger partial charge in [0, 0.05) is 17.8 Å². The summed E-state index contributed by atoms with van der Waals surface area (Å²) >= 11 is 2.67. The van der Waals surface area contributed by atoms with Crippen LogP contribution in [0.5, 0.6) is 0 Å². The second-order valence-electron chi connectivity index (χ2n) is 4.16. The van der Waals surface area contributed by atoms with E-state index in [0.29, 0.717) is 15.9 Å². The Morgan fingerprint density at radius 2 is 2.27 bits per heavy atom. The topological polar surface area (TPSA) is 103 Å². The zero-order valence-corrected chi connectivity index (χ0v) is 13.0. The minimum atomic E-state index is -0.355. The Hall–Kier alpha value is -2.33. The molecule has 3 aromatic rings. The summed E-state index contributed by atoms with van der Waals surface area (Å²) in [5.41, 5.74) is -0.0344. The minimum Gasteiger partial charge on any atom is -0.300 e. The third-order valence-electron chi connectivity index (χ3n) is 2.73. The van der Waals surface area contributed by atoms with Gasteiger partial charge in [-0.3, -0.25) is 14.2 Å². The van der Waals surface area contributed by atoms with Gasteiger partial charge in [-0.25, -0.2) is 19.9 Å². The lowest BCUT2D eigenvalue weighted by atomic mass is 10.4. The Balaban J connectivity index is 1.86. The van der Waals surface area contributed by atoms with E-state index >= 15 is 0 Å². The number of rotatable bonds is 4. The number of carbonyl (C=O) groups excluding carboxylic acids is 1. The molecule has 3 rings (SSSR count). The van der Waals surface area contributed by atoms with Gasteiger partial charge in [0.1, 0.15) is 18.3 Å². The quantitative estimate of drug-likeness (QED) is 0.561. The molecule has 0 aliphatic rings. The van der Waals surface area contributed by atoms with Crippen molar-refractivity contribution in [3.8, 4) is 0 Å². The van der Waals surface area contributed by atoms with Crippen LogP contribution in [0.25, 0.3) is 11.0 Å². The first-order valence-electron chi connectivity index (χ1n) is 6.13. The van der Waals surface area contributed by atoms with Gasteiger partial charge in [0.05, 0.1) is 0 Å². The van der Waals surface area contributed by atoms with E-state index in [1.807, 2.05) is 6.26 Å². The Kier molecular flexibility index (Phi) is 4.11. The number of anilines is 1. The summed E-state index contributed by atoms with van der Waals surface area (Å²) in [4.78, 5) is 40.5. The lowest BCUT2D eigenvalue weighted by molar-refractivity contribution is -0.116. The maximum atomic E-state index is 12.3. The van der Waals surface area contributed by atoms with Gasteiger partial charge in [-0.2, -0.15) is 0 Å². The van der Waals surface area contributed by atoms with Crippen LogP contribution in [0.2, 0.25) is 0 Å². The van der Waals surface area contributed by atoms with Crippen LogP contribution < -0.4 is 10.9 Å². The molecule has 0 aromatic carbocycles. The van der Waals surface area contributed by atoms with Crippen molar-refractivity contribution < 1.29 is 4.79 Å². The molecule has 0 aliphatic carbocycles. The molecular weight excluding hydrogens is 324 g/mol. The number of thiazole rings is 1. The summed E-state index contributed by atoms with van der Waals surface area (Å²) < 4.78 is 1.22. The van der Waals surface area contributed by atoms with Gasteiger partial charge >= 0.3 is 0 Å². The fraction of sp³-hybridized carbons (Fsp3) is 0.167. The number of nitrogens with zero attached hydrogens (tertiary/aromatic N) is 5. The summed E-state index contributed by atoms with van der Waals surface area (Å²) in [5.74, 6) is -0.347. The second-order valence-corrected chi connectivity index (χ2v) is 5.83. The third kappa shape index (κ3) is 2.97. The van der Waals surface area contributed by atoms with Gasteiger partial charge in [0.15, 0.2) is 15.9 Å². The first kappa shape index (κ1) is 14.6. The summed E-state index contributed by atoms with van der Waals surface area (Å²) in [7, 11) is 0. The van der Waals surface area contributed by atoms with Crippen LogP contribution >= 0.6 is 23.1 Å². The molecule has 112 valence electrons. The molecule has 0 aliphatic heterocycles. The Bertz CT molecular complexity index is 877. The highest BCUT2D eigenvalue weighted by atomic mass is 32.2. The molecule has 0 saturated carbocycles. The molecule has 3 heterocycles. The van der Waals surface area contributed by atoms with E-state index in [1.165, 1.54) is 40.2 Å². The van der Waals surface area contributed by atoms with E-state index in [4.69, 9.17) is 0 Å². The van der Waals surface area contributed by atoms with Crippen LogP contribution in [0.3, 0.4) is 0 Å². The Morgan fingerprint density at radius 3 is 3.00 bits per heavy atom. The van der Waals surface area contributed by atoms with Crippen LogP contribution in [0.4, 0.5) is 5.13 Å². The fourth-order valence-electron chi connectivity index (χ4n) is 1.75. The molecule has 8 nitrogen and oxygen atoms in total. The number of aromatic nitrogens is 5. The monoisotopic (exact) mass is 334 g/mol. The maximum Gasteiger partial charge on any atom is 0.264 e. The Morgan fingerprint density at radius 1 is 1.41 bits per heavy atom. The van der Waals surface area contributed by atoms with Crippen LogP contribution in [-0.4, -0.2) is 36.7 Å². The first-order valence-corrected chi connectivity index (χ1v) is 8.23. The number of hydrogen-bond acceptors (Lipinski definition) is 8. The molecule has 3 aromatic heterocycles. The van der Waals surface area contributed by atoms with Crippen molar-refractivity contribution in [3.05, 3.63) is 34.5 Å². The SMILES string of the molecule is CSc1ncc2c(=O)n(CC(=O)Nc3nccs3)cnc2n1. The standard InChI is InChI=1S/C12H10N6O2S2/c1-21-11-14-4-7-9(17-11)15-6-18(10(7)20)5-8(19)16-12-13-2-3-22-12/h2-4,6H,5H2,1H3,(H,13,16,19). The van der Waals surface area contributed by atoms with Crippen LogP contribution in [-0.2, 0) is 11.3 Å². The van der Waals surface area contributed by atoms with Crippen LogP contribution in [0, 0.1) is 0 Å². The fourth-order valence-corrected chi connectivity index (χ4v) is 2.63. The van der Waals surface area contributed by atoms with Gasteiger partial charge in [-0.15, -0.1) is 11.3 Å². The summed E-state index contributed by atoms with van der Waals surface area (Å²) in [6.07, 6.45) is 6.16. The predicted octanol–water partition coefficient (Wildman–Crippen LogP) is 1.00. The van der Waals surface area contributed by atoms with Gasteiger partial charge in [-0.05, 0) is 6.26 Å². The average Bonchev–Trinajstić information content (AvgIpc) is 3.02. The third-order valence-corrected chi connectivity index (χ3v) is 3.98. The van der Waals surface area contributed by atoms with Crippen molar-refractivity contribution in [1.82, 2.24) is 24.5 Å². The van der Waals surface area contributed by atoms with Gasteiger partial charge < -0.3 is 5.32 Å². The van der Waals surface area contributed by atoms with Crippen LogP contribution in [0.1, 0.15) is 0 Å². The molecular formula is C12H10N6O2S2. The maximum absolute atomic E-state index is 12.3. The predicted molar refractivity (Wildman–Crippen MR) is 84.1 cm³/mol. The van der Waals surface area contributed by atoms with Crippen molar-refractivity contribution in [2.45, 2.75) is 11.7 Å². The van der Waals surface area contributed by atoms with E-state index in [0.717, 1.165) is 0 Å². The molecule has 0 radical (unpaired) electrons. The molecule has 0 fully saturated rings. The van der Waals surface area contributed by atoms with E-state index in [1.54, 1.807) is 11.6 Å². The molecule has 22 heavy (non-hydrogen) atoms. The zero-order chi connectivity index (χ0) is 15.5. The smallest absolute Gasteiger partial charge is 0.264 e. The lowest BCUT2D eigenvalue weighted by Gasteiger charge is -2.06. The zero-order valence-electron chi connectivity index (χ0n) is 11.4. The molecule has 0 atom stereocenters.